The van der Waals surface area contributed by atoms with E-state index in [2.05, 4.69) is 15.2 Å². The summed E-state index contributed by atoms with van der Waals surface area (Å²) in [5.41, 5.74) is 4.62. The molecule has 1 aliphatic heterocycles. The molecule has 0 spiro atoms. The number of carbonyl (C=O) groups excluding carboxylic acids is 1. The van der Waals surface area contributed by atoms with Crippen molar-refractivity contribution in [2.75, 3.05) is 32.5 Å². The SMILES string of the molecule is Cc1ccc(CC(=O)c2ccc(CN3CCC(N(C)C)C3)c(C(F)(F)F)c2)cc1CNc1cnc2c(c1)C=C(C(=O)O)C2. The Bertz CT molecular complexity index is 1580. The van der Waals surface area contributed by atoms with Crippen LogP contribution < -0.4 is 5.32 Å². The molecule has 0 amide bonds. The normalized spacial score (nSPS) is 16.8. The number of anilines is 1. The fourth-order valence-corrected chi connectivity index (χ4v) is 5.72. The fraction of sp³-hybridized carbons (Fsp3) is 0.364. The lowest BCUT2D eigenvalue weighted by Crippen LogP contribution is -2.31. The Kier molecular flexibility index (Phi) is 8.71. The van der Waals surface area contributed by atoms with Crippen LogP contribution in [0.25, 0.3) is 6.08 Å². The second-order valence-corrected chi connectivity index (χ2v) is 11.6. The Morgan fingerprint density at radius 1 is 1.12 bits per heavy atom. The minimum Gasteiger partial charge on any atom is -0.478 e. The van der Waals surface area contributed by atoms with Gasteiger partial charge in [0.25, 0.3) is 0 Å². The lowest BCUT2D eigenvalue weighted by atomic mass is 9.96. The number of likely N-dealkylation sites (N-methyl/N-ethyl adjacent to an activating group) is 1. The molecule has 3 aromatic rings. The number of hydrogen-bond donors (Lipinski definition) is 2. The standard InChI is InChI=1S/C33H35F3N4O3/c1-20-4-5-21(10-26(20)16-37-27-13-24-12-25(32(42)43)15-30(24)38-17-27)11-31(41)22-6-7-23(29(14-22)33(34,35)36)18-40-9-8-28(19-40)39(2)3/h4-7,10,12-14,17,28,37H,8-9,11,15-16,18-19H2,1-3H3,(H,42,43). The predicted octanol–water partition coefficient (Wildman–Crippen LogP) is 5.61. The number of likely N-dealkylation sites (tertiary alicyclic amines) is 1. The Hall–Kier alpha value is -4.02. The van der Waals surface area contributed by atoms with Crippen LogP contribution in [0.4, 0.5) is 18.9 Å². The van der Waals surface area contributed by atoms with Gasteiger partial charge >= 0.3 is 12.1 Å². The maximum atomic E-state index is 14.1. The molecule has 10 heteroatoms. The van der Waals surface area contributed by atoms with Crippen molar-refractivity contribution >= 4 is 23.5 Å². The summed E-state index contributed by atoms with van der Waals surface area (Å²) in [6.45, 7) is 4.01. The van der Waals surface area contributed by atoms with E-state index in [1.54, 1.807) is 12.3 Å². The lowest BCUT2D eigenvalue weighted by Gasteiger charge is -2.22. The van der Waals surface area contributed by atoms with E-state index < -0.39 is 17.7 Å². The van der Waals surface area contributed by atoms with Gasteiger partial charge in [-0.15, -0.1) is 0 Å². The van der Waals surface area contributed by atoms with E-state index in [0.29, 0.717) is 36.7 Å². The number of rotatable bonds is 10. The molecule has 1 atom stereocenters. The van der Waals surface area contributed by atoms with Crippen molar-refractivity contribution < 1.29 is 27.9 Å². The number of alkyl halides is 3. The van der Waals surface area contributed by atoms with E-state index in [4.69, 9.17) is 0 Å². The molecule has 0 radical (unpaired) electrons. The summed E-state index contributed by atoms with van der Waals surface area (Å²) in [6, 6.07) is 11.7. The van der Waals surface area contributed by atoms with E-state index in [-0.39, 0.29) is 29.9 Å². The van der Waals surface area contributed by atoms with Crippen molar-refractivity contribution in [1.29, 1.82) is 0 Å². The average molecular weight is 593 g/mol. The van der Waals surface area contributed by atoms with Gasteiger partial charge in [0.15, 0.2) is 5.78 Å². The highest BCUT2D eigenvalue weighted by molar-refractivity contribution is 5.98. The molecule has 1 unspecified atom stereocenters. The smallest absolute Gasteiger partial charge is 0.416 e. The summed E-state index contributed by atoms with van der Waals surface area (Å²) >= 11 is 0. The largest absolute Gasteiger partial charge is 0.478 e. The van der Waals surface area contributed by atoms with Gasteiger partial charge in [-0.05, 0) is 73.5 Å². The molecule has 2 N–H and O–H groups in total. The Morgan fingerprint density at radius 3 is 2.60 bits per heavy atom. The molecule has 1 aliphatic carbocycles. The van der Waals surface area contributed by atoms with E-state index in [9.17, 15) is 27.9 Å². The maximum Gasteiger partial charge on any atom is 0.416 e. The molecule has 1 fully saturated rings. The summed E-state index contributed by atoms with van der Waals surface area (Å²) in [5.74, 6) is -1.34. The zero-order valence-electron chi connectivity index (χ0n) is 24.5. The van der Waals surface area contributed by atoms with Crippen LogP contribution in [0, 0.1) is 6.92 Å². The van der Waals surface area contributed by atoms with Crippen molar-refractivity contribution in [3.05, 3.63) is 98.9 Å². The highest BCUT2D eigenvalue weighted by atomic mass is 19.4. The van der Waals surface area contributed by atoms with Crippen molar-refractivity contribution in [3.63, 3.8) is 0 Å². The van der Waals surface area contributed by atoms with Crippen LogP contribution in [0.3, 0.4) is 0 Å². The molecule has 2 heterocycles. The number of halogens is 3. The topological polar surface area (TPSA) is 85.8 Å². The molecular formula is C33H35F3N4O3. The quantitative estimate of drug-likeness (QED) is 0.296. The molecule has 226 valence electrons. The molecule has 1 aromatic heterocycles. The number of nitrogens with one attached hydrogen (secondary N) is 1. The van der Waals surface area contributed by atoms with Crippen molar-refractivity contribution in [2.45, 2.75) is 51.5 Å². The second kappa shape index (κ2) is 12.3. The second-order valence-electron chi connectivity index (χ2n) is 11.6. The summed E-state index contributed by atoms with van der Waals surface area (Å²) in [7, 11) is 3.96. The van der Waals surface area contributed by atoms with Gasteiger partial charge in [-0.3, -0.25) is 14.7 Å². The van der Waals surface area contributed by atoms with Gasteiger partial charge in [0.05, 0.1) is 23.1 Å². The first kappa shape index (κ1) is 30.4. The minimum absolute atomic E-state index is 0.0241. The number of fused-ring (bicyclic) bond motifs is 1. The molecule has 5 rings (SSSR count). The molecule has 2 aliphatic rings. The zero-order chi connectivity index (χ0) is 30.9. The first-order chi connectivity index (χ1) is 20.4. The number of carboxylic acids is 1. The van der Waals surface area contributed by atoms with E-state index in [1.807, 2.05) is 50.2 Å². The highest BCUT2D eigenvalue weighted by Gasteiger charge is 2.35. The third-order valence-corrected chi connectivity index (χ3v) is 8.34. The minimum atomic E-state index is -4.56. The van der Waals surface area contributed by atoms with Crippen LogP contribution in [0.2, 0.25) is 0 Å². The maximum absolute atomic E-state index is 14.1. The van der Waals surface area contributed by atoms with Crippen LogP contribution in [0.1, 0.15) is 55.9 Å². The van der Waals surface area contributed by atoms with E-state index >= 15 is 0 Å². The number of nitrogens with zero attached hydrogens (tertiary/aromatic N) is 3. The first-order valence-corrected chi connectivity index (χ1v) is 14.2. The van der Waals surface area contributed by atoms with Gasteiger partial charge in [0.1, 0.15) is 0 Å². The summed E-state index contributed by atoms with van der Waals surface area (Å²) < 4.78 is 42.2. The zero-order valence-corrected chi connectivity index (χ0v) is 24.5. The van der Waals surface area contributed by atoms with Gasteiger partial charge in [-0.1, -0.05) is 30.3 Å². The number of hydrogen-bond acceptors (Lipinski definition) is 6. The summed E-state index contributed by atoms with van der Waals surface area (Å²) in [6.07, 6.45) is -0.101. The molecular weight excluding hydrogens is 557 g/mol. The molecule has 2 aromatic carbocycles. The van der Waals surface area contributed by atoms with Crippen molar-refractivity contribution in [2.24, 2.45) is 0 Å². The average Bonchev–Trinajstić information content (AvgIpc) is 3.60. The van der Waals surface area contributed by atoms with Crippen LogP contribution in [-0.2, 0) is 36.9 Å². The predicted molar refractivity (Wildman–Crippen MR) is 159 cm³/mol. The number of aromatic nitrogens is 1. The number of pyridine rings is 1. The molecule has 43 heavy (non-hydrogen) atoms. The number of ketones is 1. The Labute approximate surface area is 249 Å². The lowest BCUT2D eigenvalue weighted by molar-refractivity contribution is -0.138. The van der Waals surface area contributed by atoms with Crippen LogP contribution in [0.15, 0.2) is 54.2 Å². The third-order valence-electron chi connectivity index (χ3n) is 8.34. The van der Waals surface area contributed by atoms with Gasteiger partial charge in [0.2, 0.25) is 0 Å². The molecule has 0 saturated carbocycles. The van der Waals surface area contributed by atoms with Gasteiger partial charge in [-0.25, -0.2) is 4.79 Å². The van der Waals surface area contributed by atoms with Gasteiger partial charge < -0.3 is 15.3 Å². The Morgan fingerprint density at radius 2 is 1.91 bits per heavy atom. The van der Waals surface area contributed by atoms with Crippen molar-refractivity contribution in [1.82, 2.24) is 14.8 Å². The van der Waals surface area contributed by atoms with Crippen LogP contribution in [0.5, 0.6) is 0 Å². The molecule has 7 nitrogen and oxygen atoms in total. The number of Topliss-reactive ketones (excluding diaryl/α,β-unsaturated/α-hetero) is 1. The number of aryl methyl sites for hydroxylation is 1. The van der Waals surface area contributed by atoms with Crippen LogP contribution in [-0.4, -0.2) is 64.9 Å². The monoisotopic (exact) mass is 592 g/mol. The van der Waals surface area contributed by atoms with Crippen LogP contribution >= 0.6 is 0 Å². The highest BCUT2D eigenvalue weighted by Crippen LogP contribution is 2.34. The number of carboxylic acid groups (broad SMARTS) is 1. The van der Waals surface area contributed by atoms with E-state index in [0.717, 1.165) is 47.1 Å². The third kappa shape index (κ3) is 7.14. The van der Waals surface area contributed by atoms with E-state index in [1.165, 1.54) is 12.1 Å². The number of benzene rings is 2. The number of carbonyl (C=O) groups is 2. The Balaban J connectivity index is 1.27. The van der Waals surface area contributed by atoms with Crippen molar-refractivity contribution in [3.8, 4) is 0 Å². The van der Waals surface area contributed by atoms with Gasteiger partial charge in [0, 0.05) is 56.2 Å². The number of aliphatic carboxylic acids is 1. The summed E-state index contributed by atoms with van der Waals surface area (Å²) in [5, 5.41) is 12.5. The summed E-state index contributed by atoms with van der Waals surface area (Å²) in [4.78, 5) is 33.0. The molecule has 1 saturated heterocycles. The van der Waals surface area contributed by atoms with Gasteiger partial charge in [-0.2, -0.15) is 13.2 Å². The first-order valence-electron chi connectivity index (χ1n) is 14.2. The molecule has 0 bridgehead atoms. The fourth-order valence-electron chi connectivity index (χ4n) is 5.72.